The first-order chi connectivity index (χ1) is 70.2. The molecule has 24 nitrogen and oxygen atoms in total. The molecule has 11 aromatic rings. The number of cyclic esters (lactones) is 5. The van der Waals surface area contributed by atoms with Crippen molar-refractivity contribution in [3.8, 4) is 34.5 Å². The molecule has 0 radical (unpaired) electrons. The Hall–Kier alpha value is -12.5. The highest BCUT2D eigenvalue weighted by atomic mass is 127. The van der Waals surface area contributed by atoms with Gasteiger partial charge in [-0.3, -0.25) is 9.80 Å². The molecule has 0 unspecified atom stereocenters. The number of amides is 5. The van der Waals surface area contributed by atoms with E-state index in [-0.39, 0.29) is 46.6 Å². The van der Waals surface area contributed by atoms with Crippen molar-refractivity contribution >= 4 is 122 Å². The summed E-state index contributed by atoms with van der Waals surface area (Å²) < 4.78 is 256. The van der Waals surface area contributed by atoms with E-state index in [2.05, 4.69) is 106 Å². The van der Waals surface area contributed by atoms with Crippen molar-refractivity contribution in [2.24, 2.45) is 0 Å². The molecule has 5 aliphatic heterocycles. The maximum Gasteiger partial charge on any atom is 0.416 e. The second kappa shape index (κ2) is 49.7. The molecule has 45 heteroatoms. The highest BCUT2D eigenvalue weighted by molar-refractivity contribution is 14.1. The van der Waals surface area contributed by atoms with Crippen LogP contribution < -0.4 is 40.0 Å². The van der Waals surface area contributed by atoms with Crippen LogP contribution in [0.25, 0.3) is 0 Å². The number of aliphatic hydroxyl groups is 2. The minimum absolute atomic E-state index is 0.0191. The smallest absolute Gasteiger partial charge is 0.416 e. The van der Waals surface area contributed by atoms with Gasteiger partial charge in [0.25, 0.3) is 0 Å². The first-order valence-corrected chi connectivity index (χ1v) is 53.9. The van der Waals surface area contributed by atoms with Gasteiger partial charge in [-0.05, 0) is 300 Å². The Kier molecular flexibility index (Phi) is 39.0. The number of nitrogens with zero attached hydrogens (tertiary/aromatic N) is 2. The molecular weight excluding hydrogens is 2210 g/mol. The summed E-state index contributed by atoms with van der Waals surface area (Å²) in [7, 11) is -4.29. The quantitative estimate of drug-likeness (QED) is 0.0131. The van der Waals surface area contributed by atoms with Crippen LogP contribution in [0.3, 0.4) is 0 Å². The molecule has 10 atom stereocenters. The van der Waals surface area contributed by atoms with Crippen LogP contribution in [0.4, 0.5) is 101 Å². The van der Waals surface area contributed by atoms with Gasteiger partial charge in [0.1, 0.15) is 58.7 Å². The molecule has 5 fully saturated rings. The number of alkyl halides is 15. The lowest BCUT2D eigenvalue weighted by Gasteiger charge is -2.37. The lowest BCUT2D eigenvalue weighted by molar-refractivity contribution is -0.152. The average Bonchev–Trinajstić information content (AvgIpc) is 1.61. The molecule has 5 amide bonds. The van der Waals surface area contributed by atoms with E-state index in [4.69, 9.17) is 91.4 Å². The SMILES string of the molecule is CC(C)(C)[Si](C)(C)OC[C@@H]1OC(=O)N(c2ccc(Oc3ccc(Cl)cc3)cc2)[C@H]1c1cccc(C(F)(F)F)c1.CC(C)(C)[Si](C)(C)OC[C@@H]1OC(=O)N[C@H]1c1cccc(C(F)(F)F)c1.CCOC(=O)[C@@H]1OC(=O)N[C@H]1c1cccc(C(F)(F)F)c1.Clc1ccc(Oc2ccc(I)cc2)cc1.O=C1N[C@@H](c2cccc(C(F)(F)F)c2)[C@H](CO)O1.O=C1O[C@@H](CO)[C@H](c2cccc(C(F)(F)F)c2)N1c1ccc(Oc2ccc(Cl)cc2)cc1. The molecule has 0 bridgehead atoms. The Morgan fingerprint density at radius 2 is 0.627 bits per heavy atom. The molecular formula is C105H102Cl3F15IN5O19Si2. The van der Waals surface area contributed by atoms with Crippen LogP contribution in [0, 0.1) is 3.57 Å². The lowest BCUT2D eigenvalue weighted by Crippen LogP contribution is -2.43. The monoisotopic (exact) mass is 2310 g/mol. The average molecular weight is 2310 g/mol. The van der Waals surface area contributed by atoms with E-state index in [0.29, 0.717) is 60.6 Å². The molecule has 0 saturated carbocycles. The van der Waals surface area contributed by atoms with Crippen LogP contribution in [0.5, 0.6) is 34.5 Å². The summed E-state index contributed by atoms with van der Waals surface area (Å²) in [4.78, 5) is 73.9. The Labute approximate surface area is 883 Å². The lowest BCUT2D eigenvalue weighted by atomic mass is 9.98. The number of carbonyl (C=O) groups is 6. The molecule has 802 valence electrons. The molecule has 0 spiro atoms. The number of aliphatic hydroxyl groups excluding tert-OH is 2. The summed E-state index contributed by atoms with van der Waals surface area (Å²) in [6, 6.07) is 61.2. The second-order valence-corrected chi connectivity index (χ2v) is 49.2. The molecule has 5 saturated heterocycles. The minimum atomic E-state index is -4.54. The number of carbonyl (C=O) groups excluding carboxylic acids is 6. The number of halogens is 19. The molecule has 150 heavy (non-hydrogen) atoms. The van der Waals surface area contributed by atoms with Crippen LogP contribution in [0.1, 0.15) is 134 Å². The van der Waals surface area contributed by atoms with E-state index >= 15 is 0 Å². The summed E-state index contributed by atoms with van der Waals surface area (Å²) in [6.07, 6.45) is -30.8. The molecule has 5 N–H and O–H groups in total. The number of benzene rings is 11. The molecule has 16 rings (SSSR count). The molecule has 5 heterocycles. The summed E-state index contributed by atoms with van der Waals surface area (Å²) in [6.45, 7) is 21.6. The molecule has 0 aliphatic carbocycles. The first-order valence-electron chi connectivity index (χ1n) is 45.9. The van der Waals surface area contributed by atoms with Gasteiger partial charge in [-0.25, -0.2) is 28.8 Å². The maximum atomic E-state index is 13.6. The van der Waals surface area contributed by atoms with Crippen LogP contribution in [0.2, 0.25) is 51.3 Å². The summed E-state index contributed by atoms with van der Waals surface area (Å²) in [5.41, 5.74) is -2.01. The second-order valence-electron chi connectivity index (χ2n) is 37.0. The number of anilines is 2. The van der Waals surface area contributed by atoms with Gasteiger partial charge >= 0.3 is 67.3 Å². The van der Waals surface area contributed by atoms with Crippen molar-refractivity contribution in [1.82, 2.24) is 16.0 Å². The van der Waals surface area contributed by atoms with Gasteiger partial charge in [-0.15, -0.1) is 0 Å². The fourth-order valence-corrected chi connectivity index (χ4v) is 17.5. The number of alkyl carbamates (subject to hydrolysis) is 3. The van der Waals surface area contributed by atoms with E-state index in [0.717, 1.165) is 72.2 Å². The van der Waals surface area contributed by atoms with Crippen LogP contribution in [-0.4, -0.2) is 127 Å². The van der Waals surface area contributed by atoms with Crippen molar-refractivity contribution in [3.63, 3.8) is 0 Å². The van der Waals surface area contributed by atoms with E-state index in [1.807, 2.05) is 48.5 Å². The largest absolute Gasteiger partial charge is 0.463 e. The van der Waals surface area contributed by atoms with E-state index in [1.165, 1.54) is 61.9 Å². The zero-order chi connectivity index (χ0) is 110. The number of hydrogen-bond acceptors (Lipinski definition) is 19. The fourth-order valence-electron chi connectivity index (χ4n) is 14.8. The van der Waals surface area contributed by atoms with Crippen LogP contribution >= 0.6 is 57.4 Å². The standard InChI is InChI=1S/C29H31ClF3NO4Si.C23H17ClF3NO4.C17H24F3NO3Si.C13H12F3NO4.C12H8ClIO.C11H10F3NO3/c1-28(2,3)39(4,5)36-18-25-26(19-7-6-8-20(17-19)29(31,32)33)34(27(35)38-25)22-11-15-24(16-12-22)37-23-13-9-21(30)10-14-23;24-16-4-8-18(9-5-16)31-19-10-6-17(7-11-19)28-21(20(13-29)32-22(28)30)14-2-1-3-15(12-14)23(25,26)27;1-16(2,3)25(4,5)23-10-13-14(21-15(22)24-13)11-7-6-8-12(9-11)17(18,19)20;1-2-20-11(18)10-9(17-12(19)21-10)7-4-3-5-8(6-7)13(14,15)16;13-9-1-5-11(6-2-9)15-12-7-3-10(14)4-8-12;12-11(13,14)7-3-1-2-6(4-7)9-8(5-16)18-10(17)15-9/h6-17,25-26H,18H2,1-5H3;1-12,20-21,29H,13H2;6-9,13-14H,10H2,1-5H3,(H,21,22);3-6,9-10H,2H2,1H3,(H,17,19);1-8H;1-4,8-9,16H,5H2,(H,15,17)/t25-,26-;20-,21-;13-,14-;9-,10+;;8-,9-/m0000.0/s1. The van der Waals surface area contributed by atoms with Crippen molar-refractivity contribution in [2.45, 2.75) is 176 Å². The third kappa shape index (κ3) is 32.0. The number of esters is 1. The number of rotatable bonds is 23. The topological polar surface area (TPSA) is 287 Å². The van der Waals surface area contributed by atoms with E-state index in [9.17, 15) is 99.7 Å². The predicted octanol–water partition coefficient (Wildman–Crippen LogP) is 29.3. The minimum Gasteiger partial charge on any atom is -0.463 e. The van der Waals surface area contributed by atoms with Gasteiger partial charge in [0.05, 0.1) is 72.9 Å². The fraction of sp³-hybridized carbons (Fsp3) is 0.314. The Balaban J connectivity index is 0.000000175. The van der Waals surface area contributed by atoms with Gasteiger partial charge in [0.2, 0.25) is 6.10 Å². The highest BCUT2D eigenvalue weighted by Crippen LogP contribution is 2.48. The molecule has 0 aromatic heterocycles. The van der Waals surface area contributed by atoms with E-state index in [1.54, 1.807) is 116 Å². The van der Waals surface area contributed by atoms with Crippen molar-refractivity contribution < 1.29 is 156 Å². The number of hydrogen-bond donors (Lipinski definition) is 5. The van der Waals surface area contributed by atoms with Crippen LogP contribution in [0.15, 0.2) is 267 Å². The van der Waals surface area contributed by atoms with Gasteiger partial charge < -0.3 is 77.6 Å². The maximum absolute atomic E-state index is 13.6. The van der Waals surface area contributed by atoms with Crippen molar-refractivity contribution in [3.05, 3.63) is 341 Å². The predicted molar refractivity (Wildman–Crippen MR) is 540 cm³/mol. The Morgan fingerprint density at radius 3 is 0.947 bits per heavy atom. The number of ether oxygens (including phenoxy) is 9. The van der Waals surface area contributed by atoms with Gasteiger partial charge in [0, 0.05) is 30.0 Å². The Morgan fingerprint density at radius 1 is 0.360 bits per heavy atom. The summed E-state index contributed by atoms with van der Waals surface area (Å²) >= 11 is 19.8. The Bertz CT molecular complexity index is 6400. The van der Waals surface area contributed by atoms with Gasteiger partial charge in [0.15, 0.2) is 34.9 Å². The van der Waals surface area contributed by atoms with Gasteiger partial charge in [-0.1, -0.05) is 137 Å². The van der Waals surface area contributed by atoms with Crippen LogP contribution in [-0.2, 0) is 72.9 Å². The zero-order valence-corrected chi connectivity index (χ0v) is 88.0. The third-order valence-corrected chi connectivity index (χ3v) is 35.0. The molecule has 5 aliphatic rings. The first kappa shape index (κ1) is 118. The van der Waals surface area contributed by atoms with Gasteiger partial charge in [-0.2, -0.15) is 65.9 Å². The normalized spacial score (nSPS) is 19.2. The number of nitrogens with one attached hydrogen (secondary N) is 3. The third-order valence-electron chi connectivity index (χ3n) is 24.5. The highest BCUT2D eigenvalue weighted by Gasteiger charge is 2.51. The van der Waals surface area contributed by atoms with E-state index < -0.39 is 186 Å². The molecule has 11 aromatic carbocycles. The van der Waals surface area contributed by atoms with Crippen molar-refractivity contribution in [1.29, 1.82) is 0 Å². The summed E-state index contributed by atoms with van der Waals surface area (Å²) in [5, 5.41) is 27.7. The summed E-state index contributed by atoms with van der Waals surface area (Å²) in [5.74, 6) is 2.96. The van der Waals surface area contributed by atoms with Crippen molar-refractivity contribution in [2.75, 3.05) is 42.8 Å². The zero-order valence-electron chi connectivity index (χ0n) is 81.6.